The molecule has 0 amide bonds. The van der Waals surface area contributed by atoms with Crippen LogP contribution in [-0.2, 0) is 13.1 Å². The molecule has 0 aliphatic rings. The van der Waals surface area contributed by atoms with E-state index < -0.39 is 0 Å². The molecule has 2 aromatic carbocycles. The maximum absolute atomic E-state index is 9.77. The van der Waals surface area contributed by atoms with Crippen LogP contribution in [0.3, 0.4) is 0 Å². The molecule has 0 bridgehead atoms. The minimum absolute atomic E-state index is 0.383. The van der Waals surface area contributed by atoms with Crippen LogP contribution in [0, 0.1) is 11.3 Å². The van der Waals surface area contributed by atoms with Gasteiger partial charge in [0.15, 0.2) is 0 Å². The molecule has 1 aromatic heterocycles. The summed E-state index contributed by atoms with van der Waals surface area (Å²) in [7, 11) is 0. The minimum Gasteiger partial charge on any atom is -0.274 e. The Bertz CT molecular complexity index is 738. The number of pyridine rings is 1. The van der Waals surface area contributed by atoms with Gasteiger partial charge in [-0.25, -0.2) is 0 Å². The van der Waals surface area contributed by atoms with Crippen molar-refractivity contribution in [2.45, 2.75) is 19.1 Å². The second kappa shape index (κ2) is 8.05. The van der Waals surface area contributed by atoms with Gasteiger partial charge in [0.05, 0.1) is 11.8 Å². The van der Waals surface area contributed by atoms with E-state index in [1.54, 1.807) is 6.20 Å². The van der Waals surface area contributed by atoms with Gasteiger partial charge in [0.1, 0.15) is 6.04 Å². The highest BCUT2D eigenvalue weighted by molar-refractivity contribution is 5.21. The van der Waals surface area contributed by atoms with Gasteiger partial charge in [-0.05, 0) is 23.3 Å². The van der Waals surface area contributed by atoms with Crippen molar-refractivity contribution in [1.29, 1.82) is 5.26 Å². The van der Waals surface area contributed by atoms with E-state index in [-0.39, 0.29) is 6.04 Å². The standard InChI is InChI=1S/C21H19N3/c22-15-21(20-13-7-8-14-23-20)24(16-18-9-3-1-4-10-18)17-19-11-5-2-6-12-19/h1-14,21H,16-17H2. The molecule has 0 radical (unpaired) electrons. The van der Waals surface area contributed by atoms with Gasteiger partial charge in [-0.2, -0.15) is 5.26 Å². The van der Waals surface area contributed by atoms with Gasteiger partial charge in [0.2, 0.25) is 0 Å². The Morgan fingerprint density at radius 1 is 0.792 bits per heavy atom. The first-order chi connectivity index (χ1) is 11.9. The molecule has 0 saturated carbocycles. The van der Waals surface area contributed by atoms with Crippen LogP contribution in [0.5, 0.6) is 0 Å². The average Bonchev–Trinajstić information content (AvgIpc) is 2.65. The molecule has 0 N–H and O–H groups in total. The van der Waals surface area contributed by atoms with Crippen molar-refractivity contribution in [3.05, 3.63) is 102 Å². The van der Waals surface area contributed by atoms with E-state index >= 15 is 0 Å². The summed E-state index contributed by atoms with van der Waals surface area (Å²) in [6.07, 6.45) is 1.74. The van der Waals surface area contributed by atoms with Gasteiger partial charge in [0, 0.05) is 19.3 Å². The number of benzene rings is 2. The number of hydrogen-bond acceptors (Lipinski definition) is 3. The lowest BCUT2D eigenvalue weighted by Gasteiger charge is -2.27. The van der Waals surface area contributed by atoms with Crippen molar-refractivity contribution in [3.63, 3.8) is 0 Å². The van der Waals surface area contributed by atoms with E-state index in [1.807, 2.05) is 54.6 Å². The normalized spacial score (nSPS) is 11.8. The predicted octanol–water partition coefficient (Wildman–Crippen LogP) is 4.35. The van der Waals surface area contributed by atoms with Gasteiger partial charge in [-0.3, -0.25) is 9.88 Å². The van der Waals surface area contributed by atoms with Gasteiger partial charge >= 0.3 is 0 Å². The van der Waals surface area contributed by atoms with Crippen molar-refractivity contribution in [2.75, 3.05) is 0 Å². The van der Waals surface area contributed by atoms with Crippen molar-refractivity contribution in [2.24, 2.45) is 0 Å². The Hall–Kier alpha value is -2.96. The van der Waals surface area contributed by atoms with Crippen LogP contribution < -0.4 is 0 Å². The van der Waals surface area contributed by atoms with Crippen molar-refractivity contribution in [3.8, 4) is 6.07 Å². The van der Waals surface area contributed by atoms with Gasteiger partial charge in [0.25, 0.3) is 0 Å². The average molecular weight is 313 g/mol. The third kappa shape index (κ3) is 4.07. The lowest BCUT2D eigenvalue weighted by Crippen LogP contribution is -2.27. The second-order valence-electron chi connectivity index (χ2n) is 5.66. The molecule has 1 atom stereocenters. The summed E-state index contributed by atoms with van der Waals surface area (Å²) in [5.74, 6) is 0. The zero-order valence-corrected chi connectivity index (χ0v) is 13.4. The molecule has 24 heavy (non-hydrogen) atoms. The van der Waals surface area contributed by atoms with E-state index in [1.165, 1.54) is 11.1 Å². The summed E-state index contributed by atoms with van der Waals surface area (Å²) in [6.45, 7) is 1.40. The van der Waals surface area contributed by atoms with Crippen molar-refractivity contribution < 1.29 is 0 Å². The third-order valence-electron chi connectivity index (χ3n) is 3.91. The summed E-state index contributed by atoms with van der Waals surface area (Å²) in [4.78, 5) is 6.55. The molecular formula is C21H19N3. The first-order valence-corrected chi connectivity index (χ1v) is 7.99. The van der Waals surface area contributed by atoms with Crippen molar-refractivity contribution in [1.82, 2.24) is 9.88 Å². The van der Waals surface area contributed by atoms with Gasteiger partial charge in [-0.1, -0.05) is 66.7 Å². The number of aromatic nitrogens is 1. The molecule has 1 unspecified atom stereocenters. The molecule has 0 spiro atoms. The molecule has 0 aliphatic carbocycles. The van der Waals surface area contributed by atoms with E-state index in [9.17, 15) is 5.26 Å². The Morgan fingerprint density at radius 3 is 1.79 bits per heavy atom. The summed E-state index contributed by atoms with van der Waals surface area (Å²) >= 11 is 0. The van der Waals surface area contributed by atoms with Crippen LogP contribution in [0.1, 0.15) is 22.9 Å². The topological polar surface area (TPSA) is 39.9 Å². The fourth-order valence-electron chi connectivity index (χ4n) is 2.75. The zero-order chi connectivity index (χ0) is 16.6. The second-order valence-corrected chi connectivity index (χ2v) is 5.66. The first kappa shape index (κ1) is 15.9. The van der Waals surface area contributed by atoms with E-state index in [0.29, 0.717) is 13.1 Å². The summed E-state index contributed by atoms with van der Waals surface area (Å²) < 4.78 is 0. The Labute approximate surface area is 142 Å². The highest BCUT2D eigenvalue weighted by Gasteiger charge is 2.21. The SMILES string of the molecule is N#CC(c1ccccn1)N(Cc1ccccc1)Cc1ccccc1. The monoisotopic (exact) mass is 313 g/mol. The Kier molecular flexibility index (Phi) is 5.34. The lowest BCUT2D eigenvalue weighted by molar-refractivity contribution is 0.214. The summed E-state index contributed by atoms with van der Waals surface area (Å²) in [5, 5.41) is 9.77. The Balaban J connectivity index is 1.90. The van der Waals surface area contributed by atoms with Gasteiger partial charge in [-0.15, -0.1) is 0 Å². The molecule has 3 rings (SSSR count). The molecule has 3 heteroatoms. The molecule has 118 valence electrons. The summed E-state index contributed by atoms with van der Waals surface area (Å²) in [5.41, 5.74) is 3.15. The van der Waals surface area contributed by atoms with E-state index in [4.69, 9.17) is 0 Å². The molecular weight excluding hydrogens is 294 g/mol. The number of nitrogens with zero attached hydrogens (tertiary/aromatic N) is 3. The highest BCUT2D eigenvalue weighted by Crippen LogP contribution is 2.23. The quantitative estimate of drug-likeness (QED) is 0.679. The highest BCUT2D eigenvalue weighted by atomic mass is 15.2. The van der Waals surface area contributed by atoms with Crippen LogP contribution in [0.4, 0.5) is 0 Å². The number of hydrogen-bond donors (Lipinski definition) is 0. The summed E-state index contributed by atoms with van der Waals surface area (Å²) in [6, 6.07) is 28.2. The van der Waals surface area contributed by atoms with Crippen LogP contribution in [0.15, 0.2) is 85.1 Å². The fraction of sp³-hybridized carbons (Fsp3) is 0.143. The van der Waals surface area contributed by atoms with E-state index in [0.717, 1.165) is 5.69 Å². The van der Waals surface area contributed by atoms with Gasteiger partial charge < -0.3 is 0 Å². The van der Waals surface area contributed by atoms with Crippen LogP contribution in [0.2, 0.25) is 0 Å². The van der Waals surface area contributed by atoms with E-state index in [2.05, 4.69) is 40.2 Å². The largest absolute Gasteiger partial charge is 0.274 e. The zero-order valence-electron chi connectivity index (χ0n) is 13.4. The first-order valence-electron chi connectivity index (χ1n) is 7.99. The van der Waals surface area contributed by atoms with Crippen molar-refractivity contribution >= 4 is 0 Å². The fourth-order valence-corrected chi connectivity index (χ4v) is 2.75. The van der Waals surface area contributed by atoms with Crippen LogP contribution in [0.25, 0.3) is 0 Å². The van der Waals surface area contributed by atoms with Crippen LogP contribution >= 0.6 is 0 Å². The molecule has 3 aromatic rings. The predicted molar refractivity (Wildman–Crippen MR) is 94.7 cm³/mol. The molecule has 0 aliphatic heterocycles. The molecule has 3 nitrogen and oxygen atoms in total. The minimum atomic E-state index is -0.383. The number of nitriles is 1. The maximum Gasteiger partial charge on any atom is 0.141 e. The molecule has 0 fully saturated rings. The molecule has 0 saturated heterocycles. The number of rotatable bonds is 6. The maximum atomic E-state index is 9.77. The third-order valence-corrected chi connectivity index (χ3v) is 3.91. The smallest absolute Gasteiger partial charge is 0.141 e. The van der Waals surface area contributed by atoms with Crippen LogP contribution in [-0.4, -0.2) is 9.88 Å². The lowest BCUT2D eigenvalue weighted by atomic mass is 10.1. The Morgan fingerprint density at radius 2 is 1.33 bits per heavy atom. The molecule has 1 heterocycles.